The van der Waals surface area contributed by atoms with Crippen molar-refractivity contribution >= 4 is 52.1 Å². The van der Waals surface area contributed by atoms with Crippen molar-refractivity contribution in [3.8, 4) is 10.7 Å². The Hall–Kier alpha value is -4.11. The van der Waals surface area contributed by atoms with Gasteiger partial charge in [-0.3, -0.25) is 14.4 Å². The molecule has 5 N–H and O–H groups in total. The molecule has 71 heavy (non-hydrogen) atoms. The van der Waals surface area contributed by atoms with Crippen molar-refractivity contribution in [2.24, 2.45) is 51.4 Å². The number of amides is 2. The van der Waals surface area contributed by atoms with Gasteiger partial charge >= 0.3 is 5.97 Å². The van der Waals surface area contributed by atoms with E-state index >= 15 is 4.39 Å². The normalized spacial score (nSPS) is 31.3. The van der Waals surface area contributed by atoms with Crippen molar-refractivity contribution in [1.29, 1.82) is 0 Å². The van der Waals surface area contributed by atoms with E-state index in [2.05, 4.69) is 20.4 Å². The van der Waals surface area contributed by atoms with Gasteiger partial charge in [-0.15, -0.1) is 11.3 Å². The molecule has 398 valence electrons. The Morgan fingerprint density at radius 3 is 2.37 bits per heavy atom. The SMILES string of the molecule is CCC(=O)/N=C(\C(C)C)[C@H](C)[C@H]1CC/C(=N\OCc2csc(-c3cccc(NC(=O)[C@@H](N)CC(C)C)n3)n2)CCC(C)[C@H](O[C@@H]2O[C@H](C)C[C@H](N(C)C)[C@H]2O)C(C)C(=O)[C@](C)(F)C(=O)O[C@H](CC)[C@@]1(C)O. The number of likely N-dealkylation sites (N-methyl/N-ethyl adjacent to an activating group) is 1. The quantitative estimate of drug-likeness (QED) is 0.0546. The van der Waals surface area contributed by atoms with Crippen molar-refractivity contribution in [3.05, 3.63) is 29.3 Å². The number of ether oxygens (including phenoxy) is 3. The van der Waals surface area contributed by atoms with Gasteiger partial charge in [0, 0.05) is 35.4 Å². The molecule has 2 unspecified atom stereocenters. The first kappa shape index (κ1) is 59.5. The second kappa shape index (κ2) is 26.2. The molecular formula is C52H82FN7O10S. The van der Waals surface area contributed by atoms with E-state index < -0.39 is 77.3 Å². The number of Topliss-reactive ketones (excluding diaryl/α,β-unsaturated/α-hetero) is 1. The number of hydrogen-bond donors (Lipinski definition) is 4. The number of nitrogens with one attached hydrogen (secondary N) is 1. The minimum Gasteiger partial charge on any atom is -0.457 e. The molecule has 17 nitrogen and oxygen atoms in total. The van der Waals surface area contributed by atoms with E-state index in [4.69, 9.17) is 29.8 Å². The lowest BCUT2D eigenvalue weighted by molar-refractivity contribution is -0.278. The van der Waals surface area contributed by atoms with Crippen molar-refractivity contribution < 1.29 is 52.8 Å². The summed E-state index contributed by atoms with van der Waals surface area (Å²) < 4.78 is 35.5. The van der Waals surface area contributed by atoms with E-state index in [0.29, 0.717) is 59.3 Å². The fourth-order valence-electron chi connectivity index (χ4n) is 9.80. The molecule has 4 heterocycles. The highest BCUT2D eigenvalue weighted by molar-refractivity contribution is 7.13. The summed E-state index contributed by atoms with van der Waals surface area (Å²) in [5.41, 5.74) is 3.38. The number of cyclic esters (lactones) is 1. The number of nitrogens with zero attached hydrogens (tertiary/aromatic N) is 5. The Balaban J connectivity index is 1.75. The van der Waals surface area contributed by atoms with E-state index in [9.17, 15) is 29.4 Å². The molecule has 0 bridgehead atoms. The third kappa shape index (κ3) is 15.7. The van der Waals surface area contributed by atoms with E-state index in [0.717, 1.165) is 6.92 Å². The Labute approximate surface area is 424 Å². The van der Waals surface area contributed by atoms with Crippen molar-refractivity contribution in [2.75, 3.05) is 19.4 Å². The van der Waals surface area contributed by atoms with Crippen LogP contribution in [0.2, 0.25) is 0 Å². The highest BCUT2D eigenvalue weighted by Gasteiger charge is 2.53. The van der Waals surface area contributed by atoms with Gasteiger partial charge in [-0.25, -0.2) is 24.1 Å². The number of thiazole rings is 1. The molecule has 0 saturated carbocycles. The number of aliphatic imine (C=N–C) groups is 1. The standard InChI is InChI=1S/C52H82FN7O10S/c1-15-40-52(12,66)36(32(9)43(29(5)6)58-42(61)16-2)23-22-34(59-67-26-35-27-71-48(55-35)38-18-17-19-41(56-38)57-47(64)37(54)24-28(3)4)21-20-30(7)45(33(10)46(63)51(11,53)50(65)69-40)70-49-44(62)39(60(13)14)25-31(8)68-49/h17-19,27-33,36-37,39-40,44-45,49,62,66H,15-16,20-26,54H2,1-14H3,(H,56,57,64)/b58-43+,59-34-/t30?,31-,32-,33?,36-,37+,39+,40-,44-,45+,49+,51+,52+/m1/s1. The molecule has 2 saturated heterocycles. The van der Waals surface area contributed by atoms with Crippen molar-refractivity contribution in [3.63, 3.8) is 0 Å². The maximum atomic E-state index is 17.0. The molecule has 0 radical (unpaired) electrons. The van der Waals surface area contributed by atoms with Crippen LogP contribution in [0, 0.1) is 35.5 Å². The average molecular weight is 1020 g/mol. The number of alkyl halides is 1. The highest BCUT2D eigenvalue weighted by atomic mass is 32.1. The number of aliphatic hydroxyl groups is 2. The molecule has 4 rings (SSSR count). The minimum atomic E-state index is -3.15. The first-order chi connectivity index (χ1) is 33.2. The number of hydrogen-bond acceptors (Lipinski definition) is 16. The van der Waals surface area contributed by atoms with Gasteiger partial charge in [0.05, 0.1) is 29.7 Å². The summed E-state index contributed by atoms with van der Waals surface area (Å²) in [6.07, 6.45) is -2.46. The lowest BCUT2D eigenvalue weighted by atomic mass is 9.70. The first-order valence-corrected chi connectivity index (χ1v) is 26.2. The zero-order valence-corrected chi connectivity index (χ0v) is 45.3. The van der Waals surface area contributed by atoms with Crippen molar-refractivity contribution in [1.82, 2.24) is 14.9 Å². The molecule has 0 spiro atoms. The number of ketones is 1. The van der Waals surface area contributed by atoms with Crippen LogP contribution in [0.5, 0.6) is 0 Å². The van der Waals surface area contributed by atoms with Crippen LogP contribution in [0.1, 0.15) is 140 Å². The molecule has 2 aliphatic heterocycles. The third-order valence-electron chi connectivity index (χ3n) is 14.0. The van der Waals surface area contributed by atoms with Gasteiger partial charge < -0.3 is 45.2 Å². The van der Waals surface area contributed by atoms with E-state index in [1.54, 1.807) is 32.0 Å². The summed E-state index contributed by atoms with van der Waals surface area (Å²) in [4.78, 5) is 75.6. The second-order valence-corrected chi connectivity index (χ2v) is 21.8. The number of aromatic nitrogens is 2. The smallest absolute Gasteiger partial charge is 0.351 e. The Morgan fingerprint density at radius 1 is 1.07 bits per heavy atom. The molecule has 2 aromatic rings. The molecule has 0 aromatic carbocycles. The predicted octanol–water partition coefficient (Wildman–Crippen LogP) is 7.70. The number of carbonyl (C=O) groups is 4. The first-order valence-electron chi connectivity index (χ1n) is 25.3. The maximum absolute atomic E-state index is 17.0. The second-order valence-electron chi connectivity index (χ2n) is 21.0. The minimum absolute atomic E-state index is 0.0147. The topological polar surface area (TPSA) is 237 Å². The fourth-order valence-corrected chi connectivity index (χ4v) is 10.6. The average Bonchev–Trinajstić information content (AvgIpc) is 3.78. The highest BCUT2D eigenvalue weighted by Crippen LogP contribution is 2.40. The zero-order valence-electron chi connectivity index (χ0n) is 44.4. The van der Waals surface area contributed by atoms with Crippen LogP contribution in [0.15, 0.2) is 33.7 Å². The Morgan fingerprint density at radius 2 is 1.75 bits per heavy atom. The van der Waals surface area contributed by atoms with Gasteiger partial charge in [0.1, 0.15) is 34.3 Å². The number of nitrogens with two attached hydrogens (primary N) is 1. The largest absolute Gasteiger partial charge is 0.457 e. The number of rotatable bonds is 16. The molecule has 2 aromatic heterocycles. The fraction of sp³-hybridized carbons (Fsp3) is 0.731. The zero-order chi connectivity index (χ0) is 53.1. The molecule has 19 heteroatoms. The number of anilines is 1. The number of pyridine rings is 1. The van der Waals surface area contributed by atoms with Gasteiger partial charge in [-0.2, -0.15) is 0 Å². The number of aliphatic hydroxyl groups excluding tert-OH is 1. The number of esters is 1. The molecule has 0 aliphatic carbocycles. The third-order valence-corrected chi connectivity index (χ3v) is 14.9. The molecule has 2 amide bonds. The summed E-state index contributed by atoms with van der Waals surface area (Å²) in [5.74, 6) is -5.77. The van der Waals surface area contributed by atoms with Crippen molar-refractivity contribution in [2.45, 2.75) is 195 Å². The van der Waals surface area contributed by atoms with E-state index in [-0.39, 0.29) is 68.1 Å². The Bertz CT molecular complexity index is 2160. The summed E-state index contributed by atoms with van der Waals surface area (Å²) in [7, 11) is 3.69. The molecule has 2 aliphatic rings. The molecule has 13 atom stereocenters. The summed E-state index contributed by atoms with van der Waals surface area (Å²) in [5, 5.41) is 34.0. The van der Waals surface area contributed by atoms with Gasteiger partial charge in [0.2, 0.25) is 11.8 Å². The Kier molecular flexibility index (Phi) is 21.9. The van der Waals surface area contributed by atoms with Gasteiger partial charge in [-0.05, 0) is 116 Å². The predicted molar refractivity (Wildman–Crippen MR) is 273 cm³/mol. The van der Waals surface area contributed by atoms with E-state index in [1.165, 1.54) is 25.2 Å². The summed E-state index contributed by atoms with van der Waals surface area (Å²) >= 11 is 1.35. The van der Waals surface area contributed by atoms with Crippen LogP contribution in [-0.4, -0.2) is 128 Å². The lowest BCUT2D eigenvalue weighted by Crippen LogP contribution is -2.57. The van der Waals surface area contributed by atoms with Gasteiger partial charge in [0.15, 0.2) is 18.7 Å². The van der Waals surface area contributed by atoms with Crippen LogP contribution in [0.3, 0.4) is 0 Å². The van der Waals surface area contributed by atoms with Crippen LogP contribution >= 0.6 is 11.3 Å². The van der Waals surface area contributed by atoms with Crippen LogP contribution < -0.4 is 11.1 Å². The van der Waals surface area contributed by atoms with Crippen LogP contribution in [-0.2, 0) is 44.8 Å². The lowest BCUT2D eigenvalue weighted by Gasteiger charge is -2.44. The number of carbonyl (C=O) groups excluding carboxylic acids is 4. The maximum Gasteiger partial charge on any atom is 0.351 e. The van der Waals surface area contributed by atoms with Crippen LogP contribution in [0.25, 0.3) is 10.7 Å². The van der Waals surface area contributed by atoms with Gasteiger partial charge in [0.25, 0.3) is 5.67 Å². The molecular weight excluding hydrogens is 934 g/mol. The molecule has 2 fully saturated rings. The summed E-state index contributed by atoms with van der Waals surface area (Å²) in [6, 6.07) is 4.24. The monoisotopic (exact) mass is 1020 g/mol. The van der Waals surface area contributed by atoms with E-state index in [1.807, 2.05) is 72.8 Å². The number of halogens is 1. The van der Waals surface area contributed by atoms with Gasteiger partial charge in [-0.1, -0.05) is 73.5 Å². The summed E-state index contributed by atoms with van der Waals surface area (Å²) in [6.45, 7) is 20.7. The number of oxime groups is 1. The van der Waals surface area contributed by atoms with Crippen LogP contribution in [0.4, 0.5) is 10.2 Å².